The zero-order valence-electron chi connectivity index (χ0n) is 33.3. The van der Waals surface area contributed by atoms with E-state index in [1.165, 1.54) is 57.8 Å². The van der Waals surface area contributed by atoms with Gasteiger partial charge in [-0.15, -0.1) is 49.6 Å². The van der Waals surface area contributed by atoms with E-state index in [1.807, 2.05) is 0 Å². The largest absolute Gasteiger partial charge is 0.461 e. The van der Waals surface area contributed by atoms with Gasteiger partial charge in [0.05, 0.1) is 6.54 Å². The van der Waals surface area contributed by atoms with Crippen molar-refractivity contribution in [3.8, 4) is 0 Å². The summed E-state index contributed by atoms with van der Waals surface area (Å²) in [6, 6.07) is 0. The lowest BCUT2D eigenvalue weighted by atomic mass is 9.47. The molecule has 5 N–H and O–H groups in total. The van der Waals surface area contributed by atoms with Crippen molar-refractivity contribution < 1.29 is 9.53 Å². The molecule has 0 aromatic carbocycles. The summed E-state index contributed by atoms with van der Waals surface area (Å²) in [5.74, 6) is 5.90. The van der Waals surface area contributed by atoms with Crippen molar-refractivity contribution in [3.63, 3.8) is 0 Å². The molecule has 0 radical (unpaired) electrons. The van der Waals surface area contributed by atoms with Crippen LogP contribution in [0.25, 0.3) is 0 Å². The van der Waals surface area contributed by atoms with Crippen LogP contribution in [0.5, 0.6) is 0 Å². The van der Waals surface area contributed by atoms with Crippen molar-refractivity contribution in [2.24, 2.45) is 63.7 Å². The molecular weight excluding hydrogens is 722 g/mol. The van der Waals surface area contributed by atoms with E-state index in [-0.39, 0.29) is 67.1 Å². The van der Waals surface area contributed by atoms with Crippen LogP contribution < -0.4 is 16.8 Å². The maximum absolute atomic E-state index is 13.2. The van der Waals surface area contributed by atoms with Crippen molar-refractivity contribution in [3.05, 3.63) is 11.6 Å². The first kappa shape index (κ1) is 51.2. The molecule has 0 unspecified atom stereocenters. The van der Waals surface area contributed by atoms with Crippen molar-refractivity contribution >= 4 is 55.6 Å². The number of allylic oxidation sites excluding steroid dienone is 1. The van der Waals surface area contributed by atoms with Crippen LogP contribution in [0.1, 0.15) is 138 Å². The number of nitrogens with zero attached hydrogens (tertiary/aromatic N) is 1. The van der Waals surface area contributed by atoms with Gasteiger partial charge in [0.2, 0.25) is 0 Å². The van der Waals surface area contributed by atoms with Gasteiger partial charge in [-0.25, -0.2) is 0 Å². The molecule has 4 rings (SSSR count). The molecule has 3 saturated carbocycles. The Bertz CT molecular complexity index is 1000. The van der Waals surface area contributed by atoms with Gasteiger partial charge in [0.25, 0.3) is 0 Å². The molecule has 0 spiro atoms. The van der Waals surface area contributed by atoms with Crippen molar-refractivity contribution in [1.29, 1.82) is 0 Å². The molecule has 6 nitrogen and oxygen atoms in total. The number of nitrogens with one attached hydrogen (secondary N) is 1. The second kappa shape index (κ2) is 24.7. The number of ether oxygens (including phenoxy) is 1. The predicted molar refractivity (Wildman–Crippen MR) is 227 cm³/mol. The average Bonchev–Trinajstić information content (AvgIpc) is 3.40. The first-order chi connectivity index (χ1) is 22.6. The van der Waals surface area contributed by atoms with Crippen LogP contribution in [0, 0.1) is 52.3 Å². The fraction of sp³-hybridized carbons (Fsp3) is 0.927. The minimum atomic E-state index is -0.0517. The summed E-state index contributed by atoms with van der Waals surface area (Å²) < 4.78 is 6.21. The summed E-state index contributed by atoms with van der Waals surface area (Å²) in [7, 11) is 0. The Balaban J connectivity index is 0.00000625. The number of carbonyl (C=O) groups is 1. The Labute approximate surface area is 339 Å². The second-order valence-electron chi connectivity index (χ2n) is 17.3. The van der Waals surface area contributed by atoms with Gasteiger partial charge in [0.1, 0.15) is 6.10 Å². The fourth-order valence-electron chi connectivity index (χ4n) is 11.3. The Morgan fingerprint density at radius 3 is 2.25 bits per heavy atom. The summed E-state index contributed by atoms with van der Waals surface area (Å²) in [5, 5.41) is 3.46. The van der Waals surface area contributed by atoms with Crippen molar-refractivity contribution in [2.45, 2.75) is 144 Å². The number of unbranched alkanes of at least 4 members (excludes halogenated alkanes) is 1. The predicted octanol–water partition coefficient (Wildman–Crippen LogP) is 9.63. The van der Waals surface area contributed by atoms with Crippen LogP contribution in [0.4, 0.5) is 0 Å². The SMILES string of the molecule is CC[C@H](CC[C@@H](C)[C@H]1CC[C@H]2[C@@H]3CC=C4C[C@@H](OC(=O)CN(CCCN)CCCCNCCCN)CC[C@]4(C)[C@H]3CC[C@]12C)C(C)C.Cl.Cl.Cl.Cl. The molecule has 304 valence electrons. The molecule has 10 heteroatoms. The summed E-state index contributed by atoms with van der Waals surface area (Å²) in [6.07, 6.45) is 21.0. The zero-order valence-corrected chi connectivity index (χ0v) is 36.6. The maximum atomic E-state index is 13.2. The molecular formula is C41H80Cl4N4O2. The highest BCUT2D eigenvalue weighted by Gasteiger charge is 2.59. The Morgan fingerprint density at radius 2 is 1.59 bits per heavy atom. The van der Waals surface area contributed by atoms with E-state index in [1.54, 1.807) is 5.57 Å². The lowest BCUT2D eigenvalue weighted by Gasteiger charge is -2.58. The van der Waals surface area contributed by atoms with E-state index in [0.29, 0.717) is 18.5 Å². The zero-order chi connectivity index (χ0) is 34.0. The number of nitrogens with two attached hydrogens (primary N) is 2. The van der Waals surface area contributed by atoms with E-state index in [2.05, 4.69) is 57.8 Å². The average molecular weight is 803 g/mol. The van der Waals surface area contributed by atoms with E-state index >= 15 is 0 Å². The molecule has 4 aliphatic carbocycles. The molecule has 51 heavy (non-hydrogen) atoms. The molecule has 0 amide bonds. The minimum absolute atomic E-state index is 0. The van der Waals surface area contributed by atoms with E-state index < -0.39 is 0 Å². The summed E-state index contributed by atoms with van der Waals surface area (Å²) in [4.78, 5) is 15.5. The first-order valence-corrected chi connectivity index (χ1v) is 20.3. The molecule has 4 aliphatic rings. The third-order valence-corrected chi connectivity index (χ3v) is 14.2. The molecule has 0 aromatic heterocycles. The van der Waals surface area contributed by atoms with Crippen LogP contribution >= 0.6 is 49.6 Å². The van der Waals surface area contributed by atoms with Gasteiger partial charge in [0, 0.05) is 6.42 Å². The van der Waals surface area contributed by atoms with Gasteiger partial charge in [-0.1, -0.05) is 66.0 Å². The highest BCUT2D eigenvalue weighted by atomic mass is 35.5. The fourth-order valence-corrected chi connectivity index (χ4v) is 11.3. The number of halogens is 4. The van der Waals surface area contributed by atoms with Crippen LogP contribution in [-0.4, -0.2) is 62.8 Å². The summed E-state index contributed by atoms with van der Waals surface area (Å²) in [6.45, 7) is 20.7. The topological polar surface area (TPSA) is 93.6 Å². The summed E-state index contributed by atoms with van der Waals surface area (Å²) >= 11 is 0. The number of esters is 1. The standard InChI is InChI=1S/C41H76N4O2.4ClH/c1-7-32(30(2)3)13-12-31(4)36-16-17-37-35-15-14-33-28-34(18-20-40(33,5)38(35)19-21-41(36,37)6)47-39(46)29-45(27-11-23-43)26-9-8-24-44-25-10-22-42;;;;/h14,30-32,34-38,44H,7-13,15-29,42-43H2,1-6H3;4*1H/t31-,32-,34+,35+,36-,37+,38+,40+,41-;;;;/m1..../s1. The van der Waals surface area contributed by atoms with Crippen molar-refractivity contribution in [1.82, 2.24) is 10.2 Å². The summed E-state index contributed by atoms with van der Waals surface area (Å²) in [5.41, 5.74) is 13.8. The highest BCUT2D eigenvalue weighted by Crippen LogP contribution is 2.67. The van der Waals surface area contributed by atoms with E-state index in [9.17, 15) is 4.79 Å². The van der Waals surface area contributed by atoms with Crippen molar-refractivity contribution in [2.75, 3.05) is 45.8 Å². The third-order valence-electron chi connectivity index (χ3n) is 14.2. The molecule has 0 saturated heterocycles. The Morgan fingerprint density at radius 1 is 0.902 bits per heavy atom. The van der Waals surface area contributed by atoms with Crippen LogP contribution in [-0.2, 0) is 9.53 Å². The number of carbonyl (C=O) groups excluding carboxylic acids is 1. The second-order valence-corrected chi connectivity index (χ2v) is 17.3. The Kier molecular flexibility index (Phi) is 24.8. The number of hydrogen-bond acceptors (Lipinski definition) is 6. The van der Waals surface area contributed by atoms with Crippen LogP contribution in [0.15, 0.2) is 11.6 Å². The Hall–Kier alpha value is 0.210. The molecule has 0 heterocycles. The number of hydrogen-bond donors (Lipinski definition) is 3. The smallest absolute Gasteiger partial charge is 0.320 e. The lowest BCUT2D eigenvalue weighted by Crippen LogP contribution is -2.51. The monoisotopic (exact) mass is 801 g/mol. The molecule has 0 aromatic rings. The number of rotatable bonds is 20. The van der Waals surface area contributed by atoms with Gasteiger partial charge >= 0.3 is 5.97 Å². The normalized spacial score (nSPS) is 30.6. The third kappa shape index (κ3) is 13.1. The van der Waals surface area contributed by atoms with Gasteiger partial charge in [0.15, 0.2) is 0 Å². The lowest BCUT2D eigenvalue weighted by molar-refractivity contribution is -0.152. The molecule has 0 aliphatic heterocycles. The van der Waals surface area contributed by atoms with E-state index in [4.69, 9.17) is 16.2 Å². The van der Waals surface area contributed by atoms with E-state index in [0.717, 1.165) is 113 Å². The highest BCUT2D eigenvalue weighted by molar-refractivity contribution is 5.86. The first-order valence-electron chi connectivity index (χ1n) is 20.3. The maximum Gasteiger partial charge on any atom is 0.320 e. The molecule has 9 atom stereocenters. The van der Waals surface area contributed by atoms with Crippen LogP contribution in [0.3, 0.4) is 0 Å². The van der Waals surface area contributed by atoms with Crippen LogP contribution in [0.2, 0.25) is 0 Å². The number of fused-ring (bicyclic) bond motifs is 5. The quantitative estimate of drug-likeness (QED) is 0.0646. The molecule has 0 bridgehead atoms. The van der Waals surface area contributed by atoms with Gasteiger partial charge in [-0.05, 0) is 169 Å². The van der Waals surface area contributed by atoms with Gasteiger partial charge in [-0.3, -0.25) is 9.69 Å². The van der Waals surface area contributed by atoms with Gasteiger partial charge in [-0.2, -0.15) is 0 Å². The molecule has 3 fully saturated rings. The minimum Gasteiger partial charge on any atom is -0.461 e. The van der Waals surface area contributed by atoms with Gasteiger partial charge < -0.3 is 21.5 Å².